The van der Waals surface area contributed by atoms with Crippen molar-refractivity contribution in [1.29, 1.82) is 0 Å². The van der Waals surface area contributed by atoms with Gasteiger partial charge in [-0.2, -0.15) is 0 Å². The molecule has 1 aromatic heterocycles. The van der Waals surface area contributed by atoms with Crippen LogP contribution in [-0.2, 0) is 0 Å². The molecule has 1 nitrogen and oxygen atoms in total. The molecule has 0 radical (unpaired) electrons. The van der Waals surface area contributed by atoms with Crippen LogP contribution in [0.1, 0.15) is 29.0 Å². The van der Waals surface area contributed by atoms with Crippen molar-refractivity contribution < 1.29 is 4.39 Å². The smallest absolute Gasteiger partial charge is 0.123 e. The number of benzene rings is 1. The van der Waals surface area contributed by atoms with Crippen molar-refractivity contribution in [1.82, 2.24) is 5.32 Å². The fraction of sp³-hybridized carbons (Fsp3) is 0.286. The van der Waals surface area contributed by atoms with Gasteiger partial charge in [0.15, 0.2) is 0 Å². The van der Waals surface area contributed by atoms with Crippen LogP contribution in [0.5, 0.6) is 0 Å². The summed E-state index contributed by atoms with van der Waals surface area (Å²) in [7, 11) is 0. The molecule has 90 valence electrons. The Morgan fingerprint density at radius 2 is 2.18 bits per heavy atom. The van der Waals surface area contributed by atoms with E-state index in [2.05, 4.69) is 23.7 Å². The summed E-state index contributed by atoms with van der Waals surface area (Å²) >= 11 is 1.72. The van der Waals surface area contributed by atoms with Crippen LogP contribution in [0.25, 0.3) is 0 Å². The summed E-state index contributed by atoms with van der Waals surface area (Å²) in [5.41, 5.74) is 2.14. The van der Waals surface area contributed by atoms with Gasteiger partial charge in [-0.25, -0.2) is 4.39 Å². The SMILES string of the molecule is CCNC(c1cccs1)c1ccc(F)cc1C. The Hall–Kier alpha value is -1.19. The van der Waals surface area contributed by atoms with Crippen molar-refractivity contribution >= 4 is 11.3 Å². The van der Waals surface area contributed by atoms with Gasteiger partial charge in [0.2, 0.25) is 0 Å². The summed E-state index contributed by atoms with van der Waals surface area (Å²) in [5.74, 6) is -0.173. The molecule has 0 fully saturated rings. The predicted molar refractivity (Wildman–Crippen MR) is 71.0 cm³/mol. The van der Waals surface area contributed by atoms with Gasteiger partial charge in [-0.15, -0.1) is 11.3 Å². The average Bonchev–Trinajstić information content (AvgIpc) is 2.80. The van der Waals surface area contributed by atoms with Crippen LogP contribution in [0.4, 0.5) is 4.39 Å². The van der Waals surface area contributed by atoms with Crippen molar-refractivity contribution in [2.75, 3.05) is 6.54 Å². The van der Waals surface area contributed by atoms with Crippen LogP contribution >= 0.6 is 11.3 Å². The summed E-state index contributed by atoms with van der Waals surface area (Å²) in [4.78, 5) is 1.27. The number of aryl methyl sites for hydroxylation is 1. The third kappa shape index (κ3) is 2.73. The molecule has 0 aliphatic rings. The lowest BCUT2D eigenvalue weighted by Gasteiger charge is -2.19. The van der Waals surface area contributed by atoms with E-state index in [4.69, 9.17) is 0 Å². The number of thiophene rings is 1. The first-order valence-electron chi connectivity index (χ1n) is 5.75. The van der Waals surface area contributed by atoms with Crippen molar-refractivity contribution in [3.63, 3.8) is 0 Å². The van der Waals surface area contributed by atoms with E-state index in [0.717, 1.165) is 17.7 Å². The van der Waals surface area contributed by atoms with E-state index in [-0.39, 0.29) is 11.9 Å². The van der Waals surface area contributed by atoms with E-state index in [9.17, 15) is 4.39 Å². The maximum Gasteiger partial charge on any atom is 0.123 e. The quantitative estimate of drug-likeness (QED) is 0.866. The Bertz CT molecular complexity index is 479. The molecule has 2 aromatic rings. The zero-order valence-electron chi connectivity index (χ0n) is 10.0. The van der Waals surface area contributed by atoms with Gasteiger partial charge in [0.25, 0.3) is 0 Å². The molecule has 1 atom stereocenters. The Labute approximate surface area is 105 Å². The van der Waals surface area contributed by atoms with Crippen LogP contribution in [0.3, 0.4) is 0 Å². The van der Waals surface area contributed by atoms with Crippen molar-refractivity contribution in [2.24, 2.45) is 0 Å². The maximum atomic E-state index is 13.1. The van der Waals surface area contributed by atoms with E-state index in [1.54, 1.807) is 17.4 Å². The van der Waals surface area contributed by atoms with Gasteiger partial charge in [-0.3, -0.25) is 0 Å². The van der Waals surface area contributed by atoms with Gasteiger partial charge < -0.3 is 5.32 Å². The molecule has 0 aliphatic carbocycles. The highest BCUT2D eigenvalue weighted by Crippen LogP contribution is 2.28. The second-order valence-corrected chi connectivity index (χ2v) is 4.99. The highest BCUT2D eigenvalue weighted by Gasteiger charge is 2.16. The van der Waals surface area contributed by atoms with Crippen LogP contribution in [-0.4, -0.2) is 6.54 Å². The minimum absolute atomic E-state index is 0.167. The number of hydrogen-bond acceptors (Lipinski definition) is 2. The van der Waals surface area contributed by atoms with E-state index < -0.39 is 0 Å². The highest BCUT2D eigenvalue weighted by molar-refractivity contribution is 7.10. The number of hydrogen-bond donors (Lipinski definition) is 1. The van der Waals surface area contributed by atoms with Gasteiger partial charge in [0, 0.05) is 4.88 Å². The molecule has 1 unspecified atom stereocenters. The molecule has 0 saturated carbocycles. The molecule has 0 spiro atoms. The zero-order chi connectivity index (χ0) is 12.3. The van der Waals surface area contributed by atoms with Crippen LogP contribution < -0.4 is 5.32 Å². The van der Waals surface area contributed by atoms with E-state index >= 15 is 0 Å². The van der Waals surface area contributed by atoms with Crippen LogP contribution in [0.15, 0.2) is 35.7 Å². The third-order valence-corrected chi connectivity index (χ3v) is 3.72. The standard InChI is InChI=1S/C14H16FNS/c1-3-16-14(13-5-4-8-17-13)12-7-6-11(15)9-10(12)2/h4-9,14,16H,3H2,1-2H3. The van der Waals surface area contributed by atoms with Gasteiger partial charge in [0.05, 0.1) is 6.04 Å². The first kappa shape index (κ1) is 12.3. The average molecular weight is 249 g/mol. The van der Waals surface area contributed by atoms with E-state index in [0.29, 0.717) is 0 Å². The molecule has 1 aromatic carbocycles. The molecule has 2 rings (SSSR count). The molecule has 0 saturated heterocycles. The van der Waals surface area contributed by atoms with Crippen LogP contribution in [0.2, 0.25) is 0 Å². The molecule has 1 heterocycles. The third-order valence-electron chi connectivity index (χ3n) is 2.78. The number of rotatable bonds is 4. The lowest BCUT2D eigenvalue weighted by Crippen LogP contribution is -2.21. The maximum absolute atomic E-state index is 13.1. The zero-order valence-corrected chi connectivity index (χ0v) is 10.9. The summed E-state index contributed by atoms with van der Waals surface area (Å²) in [6.45, 7) is 4.93. The molecular weight excluding hydrogens is 233 g/mol. The van der Waals surface area contributed by atoms with E-state index in [1.807, 2.05) is 19.1 Å². The summed E-state index contributed by atoms with van der Waals surface area (Å²) < 4.78 is 13.1. The Morgan fingerprint density at radius 1 is 1.35 bits per heavy atom. The van der Waals surface area contributed by atoms with Gasteiger partial charge in [-0.1, -0.05) is 19.1 Å². The summed E-state index contributed by atoms with van der Waals surface area (Å²) in [5, 5.41) is 5.52. The van der Waals surface area contributed by atoms with Gasteiger partial charge >= 0.3 is 0 Å². The summed E-state index contributed by atoms with van der Waals surface area (Å²) in [6.07, 6.45) is 0. The first-order chi connectivity index (χ1) is 8.22. The monoisotopic (exact) mass is 249 g/mol. The number of nitrogens with one attached hydrogen (secondary N) is 1. The molecule has 17 heavy (non-hydrogen) atoms. The van der Waals surface area contributed by atoms with Gasteiger partial charge in [-0.05, 0) is 48.2 Å². The van der Waals surface area contributed by atoms with Gasteiger partial charge in [0.1, 0.15) is 5.82 Å². The van der Waals surface area contributed by atoms with E-state index in [1.165, 1.54) is 10.9 Å². The molecule has 0 aliphatic heterocycles. The van der Waals surface area contributed by atoms with Crippen molar-refractivity contribution in [2.45, 2.75) is 19.9 Å². The molecular formula is C14H16FNS. The Morgan fingerprint density at radius 3 is 2.76 bits per heavy atom. The fourth-order valence-electron chi connectivity index (χ4n) is 1.99. The summed E-state index contributed by atoms with van der Waals surface area (Å²) in [6, 6.07) is 9.32. The topological polar surface area (TPSA) is 12.0 Å². The largest absolute Gasteiger partial charge is 0.306 e. The minimum atomic E-state index is -0.173. The lowest BCUT2D eigenvalue weighted by molar-refractivity contribution is 0.613. The highest BCUT2D eigenvalue weighted by atomic mass is 32.1. The van der Waals surface area contributed by atoms with Crippen molar-refractivity contribution in [3.8, 4) is 0 Å². The number of halogens is 1. The molecule has 3 heteroatoms. The Balaban J connectivity index is 2.39. The van der Waals surface area contributed by atoms with Crippen molar-refractivity contribution in [3.05, 3.63) is 57.5 Å². The molecule has 0 amide bonds. The fourth-order valence-corrected chi connectivity index (χ4v) is 2.80. The minimum Gasteiger partial charge on any atom is -0.306 e. The predicted octanol–water partition coefficient (Wildman–Crippen LogP) is 3.89. The molecule has 1 N–H and O–H groups in total. The van der Waals surface area contributed by atoms with Crippen LogP contribution in [0, 0.1) is 12.7 Å². The Kier molecular flexibility index (Phi) is 3.92. The second kappa shape index (κ2) is 5.43. The lowest BCUT2D eigenvalue weighted by atomic mass is 10.00. The normalized spacial score (nSPS) is 12.6. The first-order valence-corrected chi connectivity index (χ1v) is 6.63. The molecule has 0 bridgehead atoms. The second-order valence-electron chi connectivity index (χ2n) is 4.01.